The van der Waals surface area contributed by atoms with Gasteiger partial charge in [0.2, 0.25) is 0 Å². The second-order valence-electron chi connectivity index (χ2n) is 8.46. The van der Waals surface area contributed by atoms with E-state index in [9.17, 15) is 4.79 Å². The Hall–Kier alpha value is -3.89. The van der Waals surface area contributed by atoms with E-state index in [-0.39, 0.29) is 5.92 Å². The molecule has 0 radical (unpaired) electrons. The zero-order valence-corrected chi connectivity index (χ0v) is 19.3. The first kappa shape index (κ1) is 20.7. The van der Waals surface area contributed by atoms with E-state index >= 15 is 0 Å². The Labute approximate surface area is 202 Å². The van der Waals surface area contributed by atoms with E-state index in [1.54, 1.807) is 0 Å². The van der Waals surface area contributed by atoms with Crippen molar-refractivity contribution in [2.45, 2.75) is 5.92 Å². The highest BCUT2D eigenvalue weighted by molar-refractivity contribution is 7.25. The molecule has 0 atom stereocenters. The van der Waals surface area contributed by atoms with Crippen LogP contribution in [-0.4, -0.2) is 19.2 Å². The highest BCUT2D eigenvalue weighted by Gasteiger charge is 2.28. The number of thiophene rings is 1. The zero-order chi connectivity index (χ0) is 22.9. The number of ether oxygens (including phenoxy) is 1. The van der Waals surface area contributed by atoms with Gasteiger partial charge >= 0.3 is 6.09 Å². The van der Waals surface area contributed by atoms with Crippen molar-refractivity contribution in [2.75, 3.05) is 13.2 Å². The van der Waals surface area contributed by atoms with Gasteiger partial charge in [-0.25, -0.2) is 4.79 Å². The maximum absolute atomic E-state index is 12.4. The lowest BCUT2D eigenvalue weighted by Crippen LogP contribution is -2.26. The minimum absolute atomic E-state index is 0.0702. The van der Waals surface area contributed by atoms with Gasteiger partial charge in [-0.15, -0.1) is 11.3 Å². The molecule has 0 aliphatic heterocycles. The number of carbonyl (C=O) groups is 1. The van der Waals surface area contributed by atoms with Gasteiger partial charge in [-0.05, 0) is 46.0 Å². The van der Waals surface area contributed by atoms with Crippen LogP contribution in [0.1, 0.15) is 22.6 Å². The standard InChI is InChI=1S/C30H23NO2S/c32-30(33-19-27-23-11-3-1-9-21(23)22-10-2-4-12-24(22)27)31-17-7-8-20-15-16-29-26(18-20)25-13-5-6-14-28(25)34-29/h1-16,18,27H,17,19H2,(H,31,32). The first-order chi connectivity index (χ1) is 16.8. The lowest BCUT2D eigenvalue weighted by Gasteiger charge is -2.14. The summed E-state index contributed by atoms with van der Waals surface area (Å²) in [6.07, 6.45) is 3.60. The van der Waals surface area contributed by atoms with Crippen LogP contribution in [0.4, 0.5) is 4.79 Å². The van der Waals surface area contributed by atoms with Crippen molar-refractivity contribution < 1.29 is 9.53 Å². The molecule has 4 heteroatoms. The summed E-state index contributed by atoms with van der Waals surface area (Å²) in [5, 5.41) is 5.40. The van der Waals surface area contributed by atoms with E-state index in [1.165, 1.54) is 42.4 Å². The SMILES string of the molecule is O=C(NCC=Cc1ccc2sc3ccccc3c2c1)OCC1c2ccccc2-c2ccccc21. The molecule has 6 rings (SSSR count). The molecule has 1 aromatic heterocycles. The van der Waals surface area contributed by atoms with Crippen LogP contribution in [-0.2, 0) is 4.74 Å². The average molecular weight is 462 g/mol. The van der Waals surface area contributed by atoms with E-state index in [0.29, 0.717) is 13.2 Å². The summed E-state index contributed by atoms with van der Waals surface area (Å²) in [5.74, 6) is 0.0702. The fourth-order valence-electron chi connectivity index (χ4n) is 4.83. The Morgan fingerprint density at radius 2 is 1.50 bits per heavy atom. The van der Waals surface area contributed by atoms with Gasteiger partial charge in [0, 0.05) is 32.6 Å². The predicted molar refractivity (Wildman–Crippen MR) is 141 cm³/mol. The zero-order valence-electron chi connectivity index (χ0n) is 18.5. The van der Waals surface area contributed by atoms with Crippen LogP contribution in [0, 0.1) is 0 Å². The monoisotopic (exact) mass is 461 g/mol. The van der Waals surface area contributed by atoms with E-state index < -0.39 is 6.09 Å². The van der Waals surface area contributed by atoms with Gasteiger partial charge in [0.05, 0.1) is 0 Å². The van der Waals surface area contributed by atoms with Gasteiger partial charge in [-0.1, -0.05) is 84.9 Å². The molecule has 1 amide bonds. The summed E-state index contributed by atoms with van der Waals surface area (Å²) in [4.78, 5) is 12.4. The molecule has 0 saturated carbocycles. The van der Waals surface area contributed by atoms with E-state index in [4.69, 9.17) is 4.74 Å². The van der Waals surface area contributed by atoms with Crippen LogP contribution in [0.3, 0.4) is 0 Å². The molecule has 1 aliphatic carbocycles. The van der Waals surface area contributed by atoms with Gasteiger partial charge in [0.15, 0.2) is 0 Å². The number of hydrogen-bond acceptors (Lipinski definition) is 3. The minimum Gasteiger partial charge on any atom is -0.449 e. The molecule has 0 spiro atoms. The van der Waals surface area contributed by atoms with Gasteiger partial charge in [-0.2, -0.15) is 0 Å². The first-order valence-corrected chi connectivity index (χ1v) is 12.3. The summed E-state index contributed by atoms with van der Waals surface area (Å²) in [7, 11) is 0. The van der Waals surface area contributed by atoms with E-state index in [0.717, 1.165) is 5.56 Å². The molecule has 4 aromatic carbocycles. The molecule has 34 heavy (non-hydrogen) atoms. The van der Waals surface area contributed by atoms with Crippen molar-refractivity contribution in [3.8, 4) is 11.1 Å². The third-order valence-corrected chi connectivity index (χ3v) is 7.57. The van der Waals surface area contributed by atoms with Crippen LogP contribution >= 0.6 is 11.3 Å². The summed E-state index contributed by atoms with van der Waals surface area (Å²) in [6.45, 7) is 0.741. The quantitative estimate of drug-likeness (QED) is 0.293. The van der Waals surface area contributed by atoms with Crippen LogP contribution in [0.2, 0.25) is 0 Å². The van der Waals surface area contributed by atoms with Crippen LogP contribution in [0.25, 0.3) is 37.4 Å². The van der Waals surface area contributed by atoms with Gasteiger partial charge in [0.1, 0.15) is 6.61 Å². The highest BCUT2D eigenvalue weighted by Crippen LogP contribution is 2.44. The molecule has 0 fully saturated rings. The molecule has 1 heterocycles. The van der Waals surface area contributed by atoms with Crippen LogP contribution in [0.15, 0.2) is 97.1 Å². The molecule has 166 valence electrons. The Balaban J connectivity index is 1.08. The van der Waals surface area contributed by atoms with E-state index in [1.807, 2.05) is 35.6 Å². The lowest BCUT2D eigenvalue weighted by molar-refractivity contribution is 0.144. The summed E-state index contributed by atoms with van der Waals surface area (Å²) in [5.41, 5.74) is 6.00. The van der Waals surface area contributed by atoms with Gasteiger partial charge in [-0.3, -0.25) is 0 Å². The van der Waals surface area contributed by atoms with Crippen LogP contribution < -0.4 is 5.32 Å². The Kier molecular flexibility index (Phi) is 5.36. The smallest absolute Gasteiger partial charge is 0.407 e. The molecule has 0 bridgehead atoms. The summed E-state index contributed by atoms with van der Waals surface area (Å²) >= 11 is 1.81. The van der Waals surface area contributed by atoms with Crippen molar-refractivity contribution in [3.05, 3.63) is 114 Å². The first-order valence-electron chi connectivity index (χ1n) is 11.4. The number of benzene rings is 4. The van der Waals surface area contributed by atoms with Crippen molar-refractivity contribution in [1.29, 1.82) is 0 Å². The van der Waals surface area contributed by atoms with Crippen LogP contribution in [0.5, 0.6) is 0 Å². The molecular formula is C30H23NO2S. The van der Waals surface area contributed by atoms with Crippen molar-refractivity contribution >= 4 is 43.7 Å². The number of carbonyl (C=O) groups excluding carboxylic acids is 1. The number of alkyl carbamates (subject to hydrolysis) is 1. The predicted octanol–water partition coefficient (Wildman–Crippen LogP) is 7.61. The second kappa shape index (κ2) is 8.81. The molecule has 0 saturated heterocycles. The third kappa shape index (κ3) is 3.76. The number of nitrogens with one attached hydrogen (secondary N) is 1. The number of amides is 1. The second-order valence-corrected chi connectivity index (χ2v) is 9.55. The third-order valence-electron chi connectivity index (χ3n) is 6.42. The maximum atomic E-state index is 12.4. The van der Waals surface area contributed by atoms with Crippen molar-refractivity contribution in [2.24, 2.45) is 0 Å². The number of hydrogen-bond donors (Lipinski definition) is 1. The fourth-order valence-corrected chi connectivity index (χ4v) is 5.92. The topological polar surface area (TPSA) is 38.3 Å². The maximum Gasteiger partial charge on any atom is 0.407 e. The Bertz CT molecular complexity index is 1500. The lowest BCUT2D eigenvalue weighted by atomic mass is 9.98. The molecule has 0 unspecified atom stereocenters. The van der Waals surface area contributed by atoms with Gasteiger partial charge < -0.3 is 10.1 Å². The van der Waals surface area contributed by atoms with Gasteiger partial charge in [0.25, 0.3) is 0 Å². The molecule has 3 nitrogen and oxygen atoms in total. The largest absolute Gasteiger partial charge is 0.449 e. The molecule has 1 N–H and O–H groups in total. The summed E-state index contributed by atoms with van der Waals surface area (Å²) in [6, 6.07) is 31.7. The van der Waals surface area contributed by atoms with E-state index in [2.05, 4.69) is 84.2 Å². The Morgan fingerprint density at radius 3 is 2.29 bits per heavy atom. The van der Waals surface area contributed by atoms with Crippen molar-refractivity contribution in [1.82, 2.24) is 5.32 Å². The molecule has 5 aromatic rings. The number of rotatable bonds is 5. The number of fused-ring (bicyclic) bond motifs is 6. The average Bonchev–Trinajstić information content (AvgIpc) is 3.41. The summed E-state index contributed by atoms with van der Waals surface area (Å²) < 4.78 is 8.19. The highest BCUT2D eigenvalue weighted by atomic mass is 32.1. The minimum atomic E-state index is -0.397. The molecule has 1 aliphatic rings. The molecular weight excluding hydrogens is 438 g/mol. The van der Waals surface area contributed by atoms with Crippen molar-refractivity contribution in [3.63, 3.8) is 0 Å². The Morgan fingerprint density at radius 1 is 0.824 bits per heavy atom. The fraction of sp³-hybridized carbons (Fsp3) is 0.100. The normalized spacial score (nSPS) is 12.8.